The Morgan fingerprint density at radius 3 is 2.45 bits per heavy atom. The van der Waals surface area contributed by atoms with E-state index in [1.807, 2.05) is 0 Å². The van der Waals surface area contributed by atoms with Gasteiger partial charge in [0.05, 0.1) is 6.54 Å². The second-order valence-corrected chi connectivity index (χ2v) is 5.06. The van der Waals surface area contributed by atoms with Crippen molar-refractivity contribution >= 4 is 5.97 Å². The summed E-state index contributed by atoms with van der Waals surface area (Å²) in [6.45, 7) is 1.96. The van der Waals surface area contributed by atoms with Gasteiger partial charge in [-0.25, -0.2) is 4.39 Å². The quantitative estimate of drug-likeness (QED) is 0.784. The van der Waals surface area contributed by atoms with E-state index < -0.39 is 30.3 Å². The van der Waals surface area contributed by atoms with Crippen molar-refractivity contribution in [3.63, 3.8) is 0 Å². The molecule has 0 spiro atoms. The second kappa shape index (κ2) is 7.44. The lowest BCUT2D eigenvalue weighted by Gasteiger charge is -2.24. The van der Waals surface area contributed by atoms with Gasteiger partial charge in [0, 0.05) is 12.6 Å². The largest absolute Gasteiger partial charge is 0.481 e. The van der Waals surface area contributed by atoms with E-state index in [0.29, 0.717) is 5.56 Å². The van der Waals surface area contributed by atoms with E-state index in [1.54, 1.807) is 18.7 Å². The van der Waals surface area contributed by atoms with E-state index in [9.17, 15) is 22.4 Å². The summed E-state index contributed by atoms with van der Waals surface area (Å²) < 4.78 is 54.2. The molecule has 0 radical (unpaired) electrons. The Morgan fingerprint density at radius 2 is 2.00 bits per heavy atom. The number of carbonyl (C=O) groups is 1. The van der Waals surface area contributed by atoms with Gasteiger partial charge in [-0.1, -0.05) is 6.07 Å². The molecule has 4 nitrogen and oxygen atoms in total. The number of carboxylic acid groups (broad SMARTS) is 1. The van der Waals surface area contributed by atoms with Crippen LogP contribution in [0.3, 0.4) is 0 Å². The first-order valence-corrected chi connectivity index (χ1v) is 6.52. The molecule has 0 fully saturated rings. The number of nitrogens with zero attached hydrogens (tertiary/aromatic N) is 1. The van der Waals surface area contributed by atoms with Gasteiger partial charge in [0.15, 0.2) is 18.2 Å². The zero-order chi connectivity index (χ0) is 16.9. The van der Waals surface area contributed by atoms with Gasteiger partial charge in [0.25, 0.3) is 0 Å². The molecule has 0 amide bonds. The van der Waals surface area contributed by atoms with Crippen molar-refractivity contribution < 1.29 is 32.2 Å². The molecule has 1 aromatic carbocycles. The molecule has 0 aliphatic carbocycles. The van der Waals surface area contributed by atoms with E-state index >= 15 is 0 Å². The van der Waals surface area contributed by atoms with Crippen molar-refractivity contribution in [3.8, 4) is 5.75 Å². The molecular weight excluding hydrogens is 306 g/mol. The minimum absolute atomic E-state index is 0.0830. The Morgan fingerprint density at radius 1 is 1.36 bits per heavy atom. The molecule has 0 bridgehead atoms. The van der Waals surface area contributed by atoms with Gasteiger partial charge < -0.3 is 9.84 Å². The molecule has 124 valence electrons. The van der Waals surface area contributed by atoms with Crippen molar-refractivity contribution in [3.05, 3.63) is 29.6 Å². The Balaban J connectivity index is 2.77. The van der Waals surface area contributed by atoms with E-state index in [-0.39, 0.29) is 19.1 Å². The third kappa shape index (κ3) is 6.30. The summed E-state index contributed by atoms with van der Waals surface area (Å²) in [5.74, 6) is -2.42. The zero-order valence-electron chi connectivity index (χ0n) is 12.2. The summed E-state index contributed by atoms with van der Waals surface area (Å²) >= 11 is 0. The van der Waals surface area contributed by atoms with Crippen LogP contribution in [0.1, 0.15) is 19.4 Å². The fourth-order valence-corrected chi connectivity index (χ4v) is 1.75. The monoisotopic (exact) mass is 323 g/mol. The van der Waals surface area contributed by atoms with Crippen molar-refractivity contribution in [2.45, 2.75) is 32.6 Å². The molecule has 0 aromatic heterocycles. The highest BCUT2D eigenvalue weighted by Crippen LogP contribution is 2.23. The highest BCUT2D eigenvalue weighted by molar-refractivity contribution is 5.69. The first-order valence-electron chi connectivity index (χ1n) is 6.52. The lowest BCUT2D eigenvalue weighted by atomic mass is 10.1. The standard InChI is InChI=1S/C14H17F4NO3/c1-9(2)19(7-13(20)21)6-10-3-4-12(11(15)5-10)22-8-14(16,17)18/h3-5,9H,6-8H2,1-2H3,(H,20,21). The Bertz CT molecular complexity index is 517. The van der Waals surface area contributed by atoms with Crippen LogP contribution in [0.15, 0.2) is 18.2 Å². The summed E-state index contributed by atoms with van der Waals surface area (Å²) in [5.41, 5.74) is 0.451. The van der Waals surface area contributed by atoms with Gasteiger partial charge in [0.1, 0.15) is 0 Å². The third-order valence-electron chi connectivity index (χ3n) is 2.84. The summed E-state index contributed by atoms with van der Waals surface area (Å²) in [6, 6.07) is 3.48. The number of benzene rings is 1. The number of carboxylic acids is 1. The van der Waals surface area contributed by atoms with Crippen LogP contribution in [-0.4, -0.2) is 41.3 Å². The van der Waals surface area contributed by atoms with Gasteiger partial charge >= 0.3 is 12.1 Å². The van der Waals surface area contributed by atoms with Crippen molar-refractivity contribution in [1.82, 2.24) is 4.90 Å². The van der Waals surface area contributed by atoms with Gasteiger partial charge in [-0.2, -0.15) is 13.2 Å². The first kappa shape index (κ1) is 18.2. The number of aliphatic carboxylic acids is 1. The number of hydrogen-bond donors (Lipinski definition) is 1. The Hall–Kier alpha value is -1.83. The second-order valence-electron chi connectivity index (χ2n) is 5.06. The lowest BCUT2D eigenvalue weighted by Crippen LogP contribution is -2.35. The molecule has 0 aliphatic heterocycles. The molecule has 0 saturated carbocycles. The molecule has 1 N–H and O–H groups in total. The van der Waals surface area contributed by atoms with Crippen LogP contribution in [0.5, 0.6) is 5.75 Å². The molecule has 0 atom stereocenters. The maximum absolute atomic E-state index is 13.7. The molecule has 0 heterocycles. The molecule has 1 rings (SSSR count). The number of hydrogen-bond acceptors (Lipinski definition) is 3. The predicted molar refractivity (Wildman–Crippen MR) is 71.1 cm³/mol. The van der Waals surface area contributed by atoms with Crippen LogP contribution < -0.4 is 4.74 Å². The average molecular weight is 323 g/mol. The first-order chi connectivity index (χ1) is 10.1. The van der Waals surface area contributed by atoms with E-state index in [1.165, 1.54) is 6.07 Å². The van der Waals surface area contributed by atoms with Gasteiger partial charge in [-0.3, -0.25) is 9.69 Å². The average Bonchev–Trinajstić information content (AvgIpc) is 2.35. The number of ether oxygens (including phenoxy) is 1. The lowest BCUT2D eigenvalue weighted by molar-refractivity contribution is -0.153. The van der Waals surface area contributed by atoms with Gasteiger partial charge in [-0.05, 0) is 31.5 Å². The van der Waals surface area contributed by atoms with Crippen LogP contribution in [-0.2, 0) is 11.3 Å². The Labute approximate surface area is 125 Å². The highest BCUT2D eigenvalue weighted by atomic mass is 19.4. The Kier molecular flexibility index (Phi) is 6.16. The molecule has 22 heavy (non-hydrogen) atoms. The number of alkyl halides is 3. The van der Waals surface area contributed by atoms with Crippen LogP contribution in [0.25, 0.3) is 0 Å². The van der Waals surface area contributed by atoms with E-state index in [0.717, 1.165) is 12.1 Å². The predicted octanol–water partition coefficient (Wildman–Crippen LogP) is 3.06. The smallest absolute Gasteiger partial charge is 0.422 e. The maximum atomic E-state index is 13.7. The SMILES string of the molecule is CC(C)N(CC(=O)O)Cc1ccc(OCC(F)(F)F)c(F)c1. The van der Waals surface area contributed by atoms with Crippen LogP contribution in [0, 0.1) is 5.82 Å². The highest BCUT2D eigenvalue weighted by Gasteiger charge is 2.29. The fourth-order valence-electron chi connectivity index (χ4n) is 1.75. The summed E-state index contributed by atoms with van der Waals surface area (Å²) in [6.07, 6.45) is -4.54. The molecule has 8 heteroatoms. The molecule has 0 saturated heterocycles. The van der Waals surface area contributed by atoms with Gasteiger partial charge in [0.2, 0.25) is 0 Å². The summed E-state index contributed by atoms with van der Waals surface area (Å²) in [7, 11) is 0. The number of rotatable bonds is 7. The molecule has 0 unspecified atom stereocenters. The third-order valence-corrected chi connectivity index (χ3v) is 2.84. The normalized spacial score (nSPS) is 12.0. The molecular formula is C14H17F4NO3. The van der Waals surface area contributed by atoms with E-state index in [2.05, 4.69) is 4.74 Å². The maximum Gasteiger partial charge on any atom is 0.422 e. The van der Waals surface area contributed by atoms with Crippen molar-refractivity contribution in [2.75, 3.05) is 13.2 Å². The van der Waals surface area contributed by atoms with Crippen molar-refractivity contribution in [1.29, 1.82) is 0 Å². The molecule has 0 aliphatic rings. The van der Waals surface area contributed by atoms with E-state index in [4.69, 9.17) is 5.11 Å². The van der Waals surface area contributed by atoms with Crippen molar-refractivity contribution in [2.24, 2.45) is 0 Å². The summed E-state index contributed by atoms with van der Waals surface area (Å²) in [5, 5.41) is 8.81. The molecule has 1 aromatic rings. The topological polar surface area (TPSA) is 49.8 Å². The fraction of sp³-hybridized carbons (Fsp3) is 0.500. The summed E-state index contributed by atoms with van der Waals surface area (Å²) in [4.78, 5) is 12.4. The van der Waals surface area contributed by atoms with Crippen LogP contribution in [0.2, 0.25) is 0 Å². The minimum Gasteiger partial charge on any atom is -0.481 e. The minimum atomic E-state index is -4.54. The van der Waals surface area contributed by atoms with Crippen LogP contribution in [0.4, 0.5) is 17.6 Å². The number of halogens is 4. The van der Waals surface area contributed by atoms with Gasteiger partial charge in [-0.15, -0.1) is 0 Å². The van der Waals surface area contributed by atoms with Crippen LogP contribution >= 0.6 is 0 Å². The zero-order valence-corrected chi connectivity index (χ0v) is 12.2.